The van der Waals surface area contributed by atoms with E-state index in [1.54, 1.807) is 25.1 Å². The number of nitrogens with zero attached hydrogens (tertiary/aromatic N) is 5. The van der Waals surface area contributed by atoms with Gasteiger partial charge in [-0.1, -0.05) is 17.3 Å². The average Bonchev–Trinajstić information content (AvgIpc) is 3.48. The summed E-state index contributed by atoms with van der Waals surface area (Å²) in [5, 5.41) is 11.0. The number of alkyl halides is 3. The molecule has 0 radical (unpaired) electrons. The fourth-order valence-corrected chi connectivity index (χ4v) is 4.80. The summed E-state index contributed by atoms with van der Waals surface area (Å²) in [7, 11) is 2.12. The van der Waals surface area contributed by atoms with Crippen LogP contribution in [-0.4, -0.2) is 74.3 Å². The first kappa shape index (κ1) is 26.3. The molecular weight excluding hydrogens is 498 g/mol. The minimum atomic E-state index is -5.08. The molecule has 37 heavy (non-hydrogen) atoms. The number of benzene rings is 1. The number of aliphatic carboxylic acids is 1. The van der Waals surface area contributed by atoms with Crippen LogP contribution in [0.1, 0.15) is 34.9 Å². The molecule has 5 rings (SSSR count). The Bertz CT molecular complexity index is 1290. The number of amides is 1. The maximum absolute atomic E-state index is 13.8. The Morgan fingerprint density at radius 3 is 2.35 bits per heavy atom. The standard InChI is InChI=1S/C22H24FN5O2.C2HF3O2/c1-15-12-18(25-30-15)20(29)27-8-6-22(7-9-27)21-24-14-19(28(21)11-10-26(22)2)16-4-3-5-17(23)13-16;3-2(4,5)1(6)7/h3-5,12-14H,6-11H2,1-2H3;(H,6,7). The van der Waals surface area contributed by atoms with Crippen molar-refractivity contribution in [2.75, 3.05) is 26.7 Å². The highest BCUT2D eigenvalue weighted by Crippen LogP contribution is 2.41. The molecule has 1 amide bonds. The zero-order valence-corrected chi connectivity index (χ0v) is 20.1. The zero-order valence-electron chi connectivity index (χ0n) is 20.1. The van der Waals surface area contributed by atoms with Crippen LogP contribution in [0.4, 0.5) is 17.6 Å². The first-order valence-corrected chi connectivity index (χ1v) is 11.5. The van der Waals surface area contributed by atoms with Gasteiger partial charge in [-0.3, -0.25) is 9.69 Å². The van der Waals surface area contributed by atoms with Crippen molar-refractivity contribution in [2.45, 2.75) is 38.0 Å². The third-order valence-electron chi connectivity index (χ3n) is 6.75. The number of hydrogen-bond acceptors (Lipinski definition) is 6. The van der Waals surface area contributed by atoms with Crippen LogP contribution in [0.25, 0.3) is 11.3 Å². The largest absolute Gasteiger partial charge is 0.490 e. The molecule has 0 bridgehead atoms. The fourth-order valence-electron chi connectivity index (χ4n) is 4.80. The van der Waals surface area contributed by atoms with Crippen molar-refractivity contribution in [1.82, 2.24) is 24.5 Å². The fraction of sp³-hybridized carbons (Fsp3) is 0.417. The number of fused-ring (bicyclic) bond motifs is 2. The number of likely N-dealkylation sites (N-methyl/N-ethyl adjacent to an activating group) is 1. The molecule has 1 saturated heterocycles. The quantitative estimate of drug-likeness (QED) is 0.511. The van der Waals surface area contributed by atoms with Crippen molar-refractivity contribution in [2.24, 2.45) is 0 Å². The number of aromatic nitrogens is 3. The molecule has 0 unspecified atom stereocenters. The van der Waals surface area contributed by atoms with Gasteiger partial charge in [-0.05, 0) is 38.9 Å². The summed E-state index contributed by atoms with van der Waals surface area (Å²) in [5.41, 5.74) is 1.90. The number of carboxylic acids is 1. The maximum atomic E-state index is 13.8. The summed E-state index contributed by atoms with van der Waals surface area (Å²) in [5.74, 6) is -1.47. The molecular formula is C24H25F4N5O4. The number of imidazole rings is 1. The molecule has 1 spiro atoms. The van der Waals surface area contributed by atoms with Gasteiger partial charge in [0, 0.05) is 37.8 Å². The Labute approximate surface area is 209 Å². The van der Waals surface area contributed by atoms with Crippen LogP contribution >= 0.6 is 0 Å². The van der Waals surface area contributed by atoms with Gasteiger partial charge in [0.2, 0.25) is 0 Å². The number of aryl methyl sites for hydroxylation is 1. The van der Waals surface area contributed by atoms with Crippen molar-refractivity contribution in [1.29, 1.82) is 0 Å². The number of hydrogen-bond donors (Lipinski definition) is 1. The van der Waals surface area contributed by atoms with E-state index in [4.69, 9.17) is 19.4 Å². The van der Waals surface area contributed by atoms with Gasteiger partial charge in [-0.2, -0.15) is 13.2 Å². The molecule has 3 aromatic rings. The highest BCUT2D eigenvalue weighted by atomic mass is 19.4. The maximum Gasteiger partial charge on any atom is 0.490 e. The Kier molecular flexibility index (Phi) is 7.09. The first-order chi connectivity index (χ1) is 17.4. The second-order valence-corrected chi connectivity index (χ2v) is 9.00. The van der Waals surface area contributed by atoms with E-state index in [-0.39, 0.29) is 17.3 Å². The molecule has 0 saturated carbocycles. The summed E-state index contributed by atoms with van der Waals surface area (Å²) < 4.78 is 52.8. The topological polar surface area (TPSA) is 105 Å². The zero-order chi connectivity index (χ0) is 27.0. The van der Waals surface area contributed by atoms with E-state index >= 15 is 0 Å². The highest BCUT2D eigenvalue weighted by molar-refractivity contribution is 5.92. The van der Waals surface area contributed by atoms with E-state index in [9.17, 15) is 22.4 Å². The third kappa shape index (κ3) is 5.22. The molecule has 0 atom stereocenters. The van der Waals surface area contributed by atoms with Gasteiger partial charge in [0.15, 0.2) is 5.69 Å². The number of piperidine rings is 1. The van der Waals surface area contributed by atoms with Crippen LogP contribution in [0.5, 0.6) is 0 Å². The lowest BCUT2D eigenvalue weighted by Crippen LogP contribution is -2.57. The van der Waals surface area contributed by atoms with Gasteiger partial charge in [0.25, 0.3) is 5.91 Å². The SMILES string of the molecule is Cc1cc(C(=O)N2CCC3(CC2)c2ncc(-c4cccc(F)c4)n2CCN3C)no1.O=C(O)C(F)(F)F. The van der Waals surface area contributed by atoms with Gasteiger partial charge in [-0.25, -0.2) is 14.2 Å². The molecule has 2 aromatic heterocycles. The molecule has 4 heterocycles. The summed E-state index contributed by atoms with van der Waals surface area (Å²) >= 11 is 0. The Balaban J connectivity index is 0.000000405. The second-order valence-electron chi connectivity index (χ2n) is 9.00. The normalized spacial score (nSPS) is 17.2. The molecule has 2 aliphatic rings. The monoisotopic (exact) mass is 523 g/mol. The number of carboxylic acid groups (broad SMARTS) is 1. The van der Waals surface area contributed by atoms with E-state index in [0.717, 1.165) is 43.0 Å². The van der Waals surface area contributed by atoms with Crippen molar-refractivity contribution < 1.29 is 36.8 Å². The minimum absolute atomic E-state index is 0.0936. The van der Waals surface area contributed by atoms with Crippen LogP contribution in [0, 0.1) is 12.7 Å². The van der Waals surface area contributed by atoms with Gasteiger partial charge in [0.1, 0.15) is 17.4 Å². The molecule has 1 N–H and O–H groups in total. The second kappa shape index (κ2) is 9.96. The van der Waals surface area contributed by atoms with E-state index in [1.807, 2.05) is 17.2 Å². The lowest BCUT2D eigenvalue weighted by molar-refractivity contribution is -0.192. The molecule has 9 nitrogen and oxygen atoms in total. The molecule has 198 valence electrons. The van der Waals surface area contributed by atoms with E-state index < -0.39 is 12.1 Å². The summed E-state index contributed by atoms with van der Waals surface area (Å²) in [6.45, 7) is 4.71. The molecule has 13 heteroatoms. The van der Waals surface area contributed by atoms with Crippen molar-refractivity contribution in [3.05, 3.63) is 59.6 Å². The van der Waals surface area contributed by atoms with Crippen LogP contribution in [-0.2, 0) is 16.9 Å². The number of carbonyl (C=O) groups excluding carboxylic acids is 1. The van der Waals surface area contributed by atoms with Crippen LogP contribution in [0.15, 0.2) is 41.1 Å². The van der Waals surface area contributed by atoms with Crippen molar-refractivity contribution in [3.8, 4) is 11.3 Å². The number of likely N-dealkylation sites (tertiary alicyclic amines) is 1. The van der Waals surface area contributed by atoms with Gasteiger partial charge >= 0.3 is 12.1 Å². The Hall–Kier alpha value is -3.74. The Morgan fingerprint density at radius 1 is 1.11 bits per heavy atom. The highest BCUT2D eigenvalue weighted by Gasteiger charge is 2.46. The minimum Gasteiger partial charge on any atom is -0.475 e. The first-order valence-electron chi connectivity index (χ1n) is 11.5. The van der Waals surface area contributed by atoms with Crippen molar-refractivity contribution in [3.63, 3.8) is 0 Å². The van der Waals surface area contributed by atoms with Gasteiger partial charge in [-0.15, -0.1) is 0 Å². The molecule has 0 aliphatic carbocycles. The van der Waals surface area contributed by atoms with E-state index in [2.05, 4.69) is 21.7 Å². The van der Waals surface area contributed by atoms with Gasteiger partial charge < -0.3 is 19.1 Å². The predicted octanol–water partition coefficient (Wildman–Crippen LogP) is 3.70. The van der Waals surface area contributed by atoms with Gasteiger partial charge in [0.05, 0.1) is 17.4 Å². The number of halogens is 4. The van der Waals surface area contributed by atoms with E-state index in [0.29, 0.717) is 24.5 Å². The van der Waals surface area contributed by atoms with Crippen LogP contribution in [0.3, 0.4) is 0 Å². The van der Waals surface area contributed by atoms with Crippen LogP contribution in [0.2, 0.25) is 0 Å². The summed E-state index contributed by atoms with van der Waals surface area (Å²) in [6, 6.07) is 8.33. The smallest absolute Gasteiger partial charge is 0.475 e. The third-order valence-corrected chi connectivity index (χ3v) is 6.75. The Morgan fingerprint density at radius 2 is 1.78 bits per heavy atom. The predicted molar refractivity (Wildman–Crippen MR) is 122 cm³/mol. The molecule has 1 fully saturated rings. The molecule has 2 aliphatic heterocycles. The number of rotatable bonds is 2. The summed E-state index contributed by atoms with van der Waals surface area (Å²) in [6.07, 6.45) is -1.67. The lowest BCUT2D eigenvalue weighted by atomic mass is 9.83. The lowest BCUT2D eigenvalue weighted by Gasteiger charge is -2.49. The average molecular weight is 523 g/mol. The van der Waals surface area contributed by atoms with Crippen molar-refractivity contribution >= 4 is 11.9 Å². The molecule has 1 aromatic carbocycles. The number of carbonyl (C=O) groups is 2. The van der Waals surface area contributed by atoms with E-state index in [1.165, 1.54) is 6.07 Å². The summed E-state index contributed by atoms with van der Waals surface area (Å²) in [4.78, 5) is 30.6. The van der Waals surface area contributed by atoms with Crippen LogP contribution < -0.4 is 0 Å².